The van der Waals surface area contributed by atoms with Gasteiger partial charge >= 0.3 is 0 Å². The van der Waals surface area contributed by atoms with Crippen molar-refractivity contribution in [2.24, 2.45) is 0 Å². The van der Waals surface area contributed by atoms with Gasteiger partial charge in [0, 0.05) is 0 Å². The molecule has 0 radical (unpaired) electrons. The van der Waals surface area contributed by atoms with Crippen LogP contribution in [0.2, 0.25) is 0 Å². The van der Waals surface area contributed by atoms with E-state index >= 15 is 0 Å². The Bertz CT molecular complexity index is 341. The SMILES string of the molecule is O=[SH](=O)c1ccc(C2CO2)cc1. The number of thiol groups is 1. The van der Waals surface area contributed by atoms with E-state index in [9.17, 15) is 8.42 Å². The van der Waals surface area contributed by atoms with E-state index in [0.717, 1.165) is 12.2 Å². The van der Waals surface area contributed by atoms with Crippen molar-refractivity contribution in [1.29, 1.82) is 0 Å². The first-order valence-electron chi connectivity index (χ1n) is 3.63. The topological polar surface area (TPSA) is 46.7 Å². The molecule has 1 aromatic rings. The number of epoxide rings is 1. The molecule has 12 heavy (non-hydrogen) atoms. The highest BCUT2D eigenvalue weighted by Crippen LogP contribution is 2.29. The average molecular weight is 184 g/mol. The van der Waals surface area contributed by atoms with Gasteiger partial charge in [0.2, 0.25) is 0 Å². The summed E-state index contributed by atoms with van der Waals surface area (Å²) in [6.07, 6.45) is 0.198. The van der Waals surface area contributed by atoms with E-state index in [1.807, 2.05) is 0 Å². The molecule has 0 aliphatic carbocycles. The summed E-state index contributed by atoms with van der Waals surface area (Å²) in [5.41, 5.74) is 1.05. The van der Waals surface area contributed by atoms with Crippen LogP contribution in [-0.2, 0) is 15.4 Å². The summed E-state index contributed by atoms with van der Waals surface area (Å²) in [7, 11) is -2.45. The molecule has 0 N–H and O–H groups in total. The summed E-state index contributed by atoms with van der Waals surface area (Å²) in [4.78, 5) is 0.356. The zero-order valence-corrected chi connectivity index (χ0v) is 7.16. The molecule has 1 fully saturated rings. The molecule has 0 saturated carbocycles. The minimum atomic E-state index is -2.45. The van der Waals surface area contributed by atoms with Crippen molar-refractivity contribution in [2.45, 2.75) is 11.0 Å². The van der Waals surface area contributed by atoms with Crippen LogP contribution in [0.5, 0.6) is 0 Å². The van der Waals surface area contributed by atoms with Crippen molar-refractivity contribution in [1.82, 2.24) is 0 Å². The molecule has 64 valence electrons. The molecule has 0 aromatic heterocycles. The van der Waals surface area contributed by atoms with Crippen LogP contribution in [-0.4, -0.2) is 15.0 Å². The molecule has 4 heteroatoms. The Morgan fingerprint density at radius 1 is 1.25 bits per heavy atom. The second-order valence-corrected chi connectivity index (χ2v) is 3.70. The third-order valence-corrected chi connectivity index (χ3v) is 2.53. The van der Waals surface area contributed by atoms with Crippen molar-refractivity contribution in [2.75, 3.05) is 6.61 Å². The fraction of sp³-hybridized carbons (Fsp3) is 0.250. The highest BCUT2D eigenvalue weighted by molar-refractivity contribution is 7.72. The second kappa shape index (κ2) is 2.88. The minimum Gasteiger partial charge on any atom is -0.368 e. The van der Waals surface area contributed by atoms with Crippen LogP contribution in [0.15, 0.2) is 29.2 Å². The molecule has 1 aliphatic rings. The number of rotatable bonds is 2. The molecule has 0 amide bonds. The van der Waals surface area contributed by atoms with E-state index in [0.29, 0.717) is 4.90 Å². The van der Waals surface area contributed by atoms with Crippen LogP contribution in [0.1, 0.15) is 11.7 Å². The molecule has 1 aromatic carbocycles. The molecule has 1 saturated heterocycles. The quantitative estimate of drug-likeness (QED) is 0.544. The summed E-state index contributed by atoms with van der Waals surface area (Å²) in [5, 5.41) is 0. The predicted octanol–water partition coefficient (Wildman–Crippen LogP) is 0.728. The third-order valence-electron chi connectivity index (χ3n) is 1.81. The van der Waals surface area contributed by atoms with Gasteiger partial charge in [0.15, 0.2) is 10.7 Å². The lowest BCUT2D eigenvalue weighted by molar-refractivity contribution is 0.415. The van der Waals surface area contributed by atoms with Crippen LogP contribution < -0.4 is 0 Å². The van der Waals surface area contributed by atoms with Gasteiger partial charge in [-0.25, -0.2) is 8.42 Å². The first kappa shape index (κ1) is 7.76. The molecule has 1 heterocycles. The van der Waals surface area contributed by atoms with Gasteiger partial charge in [-0.15, -0.1) is 0 Å². The first-order valence-corrected chi connectivity index (χ1v) is 4.81. The molecule has 0 bridgehead atoms. The fourth-order valence-electron chi connectivity index (χ4n) is 1.05. The Hall–Kier alpha value is -0.870. The van der Waals surface area contributed by atoms with Crippen molar-refractivity contribution in [3.05, 3.63) is 29.8 Å². The predicted molar refractivity (Wildman–Crippen MR) is 43.7 cm³/mol. The molecule has 3 nitrogen and oxygen atoms in total. The molecule has 1 unspecified atom stereocenters. The largest absolute Gasteiger partial charge is 0.368 e. The summed E-state index contributed by atoms with van der Waals surface area (Å²) < 4.78 is 26.1. The fourth-order valence-corrected chi connectivity index (χ4v) is 1.44. The van der Waals surface area contributed by atoms with Crippen LogP contribution in [0.4, 0.5) is 0 Å². The molecule has 1 aliphatic heterocycles. The summed E-state index contributed by atoms with van der Waals surface area (Å²) in [6.45, 7) is 0.753. The lowest BCUT2D eigenvalue weighted by Crippen LogP contribution is -1.83. The molecule has 2 rings (SSSR count). The van der Waals surface area contributed by atoms with Gasteiger partial charge in [0.1, 0.15) is 6.10 Å². The second-order valence-electron chi connectivity index (χ2n) is 2.67. The normalized spacial score (nSPS) is 21.2. The van der Waals surface area contributed by atoms with E-state index in [4.69, 9.17) is 4.74 Å². The van der Waals surface area contributed by atoms with Crippen LogP contribution >= 0.6 is 0 Å². The van der Waals surface area contributed by atoms with Crippen LogP contribution in [0.25, 0.3) is 0 Å². The number of ether oxygens (including phenoxy) is 1. The van der Waals surface area contributed by atoms with Crippen molar-refractivity contribution < 1.29 is 13.2 Å². The molecule has 0 spiro atoms. The number of hydrogen-bond acceptors (Lipinski definition) is 3. The Kier molecular flexibility index (Phi) is 1.86. The Morgan fingerprint density at radius 3 is 2.25 bits per heavy atom. The maximum absolute atomic E-state index is 10.5. The van der Waals surface area contributed by atoms with Gasteiger partial charge in [-0.1, -0.05) is 12.1 Å². The highest BCUT2D eigenvalue weighted by Gasteiger charge is 2.24. The van der Waals surface area contributed by atoms with Crippen molar-refractivity contribution in [3.63, 3.8) is 0 Å². The maximum Gasteiger partial charge on any atom is 0.168 e. The van der Waals surface area contributed by atoms with Gasteiger partial charge in [0.05, 0.1) is 11.5 Å². The standard InChI is InChI=1S/C8H8O3S/c9-12(10)7-3-1-6(2-4-7)8-5-11-8/h1-4,8,12H,5H2. The molecule has 1 atom stereocenters. The lowest BCUT2D eigenvalue weighted by atomic mass is 10.2. The first-order chi connectivity index (χ1) is 5.77. The Balaban J connectivity index is 2.30. The van der Waals surface area contributed by atoms with Gasteiger partial charge in [-0.3, -0.25) is 0 Å². The highest BCUT2D eigenvalue weighted by atomic mass is 32.2. The Morgan fingerprint density at radius 2 is 1.83 bits per heavy atom. The molecular formula is C8H8O3S. The smallest absolute Gasteiger partial charge is 0.168 e. The third kappa shape index (κ3) is 1.49. The van der Waals surface area contributed by atoms with Crippen LogP contribution in [0.3, 0.4) is 0 Å². The maximum atomic E-state index is 10.5. The van der Waals surface area contributed by atoms with Gasteiger partial charge in [-0.2, -0.15) is 0 Å². The Labute approximate surface area is 71.9 Å². The average Bonchev–Trinajstić information content (AvgIpc) is 2.87. The minimum absolute atomic E-state index is 0.198. The number of benzene rings is 1. The lowest BCUT2D eigenvalue weighted by Gasteiger charge is -1.94. The van der Waals surface area contributed by atoms with Gasteiger partial charge in [-0.05, 0) is 17.7 Å². The van der Waals surface area contributed by atoms with E-state index in [2.05, 4.69) is 0 Å². The summed E-state index contributed by atoms with van der Waals surface area (Å²) in [6, 6.07) is 6.78. The van der Waals surface area contributed by atoms with Crippen LogP contribution in [0, 0.1) is 0 Å². The monoisotopic (exact) mass is 184 g/mol. The van der Waals surface area contributed by atoms with Gasteiger partial charge < -0.3 is 4.74 Å². The van der Waals surface area contributed by atoms with E-state index in [1.165, 1.54) is 0 Å². The van der Waals surface area contributed by atoms with Crippen molar-refractivity contribution >= 4 is 10.7 Å². The zero-order chi connectivity index (χ0) is 8.55. The number of hydrogen-bond donors (Lipinski definition) is 1. The van der Waals surface area contributed by atoms with E-state index in [-0.39, 0.29) is 6.10 Å². The zero-order valence-electron chi connectivity index (χ0n) is 6.27. The molecular weight excluding hydrogens is 176 g/mol. The summed E-state index contributed by atoms with van der Waals surface area (Å²) in [5.74, 6) is 0. The van der Waals surface area contributed by atoms with Crippen molar-refractivity contribution in [3.8, 4) is 0 Å². The van der Waals surface area contributed by atoms with Gasteiger partial charge in [0.25, 0.3) is 0 Å². The summed E-state index contributed by atoms with van der Waals surface area (Å²) >= 11 is 0. The van der Waals surface area contributed by atoms with E-state index in [1.54, 1.807) is 24.3 Å². The van der Waals surface area contributed by atoms with E-state index < -0.39 is 10.7 Å².